The molecular weight excluding hydrogens is 265 g/mol. The number of hydrogen-bond acceptors (Lipinski definition) is 1. The Morgan fingerprint density at radius 3 is 2.50 bits per heavy atom. The first-order valence-corrected chi connectivity index (χ1v) is 6.57. The fraction of sp³-hybridized carbons (Fsp3) is 0.200. The Balaban J connectivity index is 2.16. The fourth-order valence-electron chi connectivity index (χ4n) is 1.98. The van der Waals surface area contributed by atoms with Crippen LogP contribution in [0.1, 0.15) is 16.7 Å². The zero-order chi connectivity index (χ0) is 13.1. The summed E-state index contributed by atoms with van der Waals surface area (Å²) in [4.78, 5) is 0. The molecule has 0 radical (unpaired) electrons. The zero-order valence-corrected chi connectivity index (χ0v) is 11.9. The summed E-state index contributed by atoms with van der Waals surface area (Å²) in [5, 5.41) is 4.87. The van der Waals surface area contributed by atoms with Crippen LogP contribution in [-0.2, 0) is 6.54 Å². The van der Waals surface area contributed by atoms with Crippen LogP contribution in [-0.4, -0.2) is 0 Å². The van der Waals surface area contributed by atoms with E-state index in [1.54, 1.807) is 0 Å². The van der Waals surface area contributed by atoms with Gasteiger partial charge in [-0.2, -0.15) is 0 Å². The maximum Gasteiger partial charge on any atom is 0.0642 e. The van der Waals surface area contributed by atoms with Crippen molar-refractivity contribution in [2.75, 3.05) is 5.32 Å². The average molecular weight is 280 g/mol. The predicted octanol–water partition coefficient (Wildman–Crippen LogP) is 5.22. The molecule has 2 rings (SSSR count). The van der Waals surface area contributed by atoms with Gasteiger partial charge in [0.05, 0.1) is 10.7 Å². The molecule has 0 spiro atoms. The van der Waals surface area contributed by atoms with Gasteiger partial charge in [-0.3, -0.25) is 0 Å². The molecule has 94 valence electrons. The summed E-state index contributed by atoms with van der Waals surface area (Å²) in [6.07, 6.45) is 0. The molecule has 3 heteroatoms. The highest BCUT2D eigenvalue weighted by Crippen LogP contribution is 2.27. The Kier molecular flexibility index (Phi) is 4.15. The largest absolute Gasteiger partial charge is 0.380 e. The molecule has 0 amide bonds. The van der Waals surface area contributed by atoms with Crippen molar-refractivity contribution >= 4 is 28.9 Å². The molecule has 1 nitrogen and oxygen atoms in total. The van der Waals surface area contributed by atoms with E-state index in [1.165, 1.54) is 5.56 Å². The average Bonchev–Trinajstić information content (AvgIpc) is 2.27. The minimum atomic E-state index is 0.712. The summed E-state index contributed by atoms with van der Waals surface area (Å²) in [7, 11) is 0. The minimum absolute atomic E-state index is 0.712. The Morgan fingerprint density at radius 1 is 1.06 bits per heavy atom. The smallest absolute Gasteiger partial charge is 0.0642 e. The van der Waals surface area contributed by atoms with Crippen LogP contribution < -0.4 is 5.32 Å². The van der Waals surface area contributed by atoms with Crippen molar-refractivity contribution in [3.8, 4) is 0 Å². The molecule has 0 atom stereocenters. The number of halogens is 2. The summed E-state index contributed by atoms with van der Waals surface area (Å²) in [5.41, 5.74) is 4.45. The second-order valence-corrected chi connectivity index (χ2v) is 5.27. The summed E-state index contributed by atoms with van der Waals surface area (Å²) in [5.74, 6) is 0. The van der Waals surface area contributed by atoms with E-state index in [1.807, 2.05) is 37.3 Å². The molecule has 0 saturated heterocycles. The fourth-order valence-corrected chi connectivity index (χ4v) is 2.58. The van der Waals surface area contributed by atoms with Crippen LogP contribution in [0.2, 0.25) is 10.0 Å². The van der Waals surface area contributed by atoms with E-state index >= 15 is 0 Å². The van der Waals surface area contributed by atoms with E-state index < -0.39 is 0 Å². The topological polar surface area (TPSA) is 12.0 Å². The summed E-state index contributed by atoms with van der Waals surface area (Å²) >= 11 is 12.2. The van der Waals surface area contributed by atoms with Gasteiger partial charge >= 0.3 is 0 Å². The Morgan fingerprint density at radius 2 is 1.83 bits per heavy atom. The van der Waals surface area contributed by atoms with Gasteiger partial charge in [-0.05, 0) is 48.7 Å². The first-order valence-electron chi connectivity index (χ1n) is 5.81. The van der Waals surface area contributed by atoms with Crippen LogP contribution in [0.5, 0.6) is 0 Å². The van der Waals surface area contributed by atoms with Crippen LogP contribution in [0.4, 0.5) is 5.69 Å². The highest BCUT2D eigenvalue weighted by atomic mass is 35.5. The number of anilines is 1. The molecule has 0 aliphatic carbocycles. The molecule has 0 aromatic heterocycles. The number of hydrogen-bond donors (Lipinski definition) is 1. The van der Waals surface area contributed by atoms with E-state index in [2.05, 4.69) is 18.3 Å². The maximum atomic E-state index is 6.24. The predicted molar refractivity (Wildman–Crippen MR) is 79.7 cm³/mol. The minimum Gasteiger partial charge on any atom is -0.380 e. The molecule has 0 heterocycles. The van der Waals surface area contributed by atoms with Crippen LogP contribution in [0.25, 0.3) is 0 Å². The lowest BCUT2D eigenvalue weighted by Crippen LogP contribution is -2.02. The third-order valence-electron chi connectivity index (χ3n) is 2.79. The highest BCUT2D eigenvalue weighted by molar-refractivity contribution is 6.33. The standard InChI is InChI=1S/C15H15Cl2N/c1-10-6-11(2)15(14(17)7-10)18-9-12-4-3-5-13(16)8-12/h3-8,18H,9H2,1-2H3. The highest BCUT2D eigenvalue weighted by Gasteiger charge is 2.05. The lowest BCUT2D eigenvalue weighted by molar-refractivity contribution is 1.14. The van der Waals surface area contributed by atoms with Crippen LogP contribution in [0, 0.1) is 13.8 Å². The van der Waals surface area contributed by atoms with Crippen LogP contribution in [0.3, 0.4) is 0 Å². The lowest BCUT2D eigenvalue weighted by atomic mass is 10.1. The summed E-state index contributed by atoms with van der Waals surface area (Å²) < 4.78 is 0. The quantitative estimate of drug-likeness (QED) is 0.812. The van der Waals surface area contributed by atoms with Gasteiger partial charge < -0.3 is 5.32 Å². The molecule has 1 N–H and O–H groups in total. The molecule has 18 heavy (non-hydrogen) atoms. The lowest BCUT2D eigenvalue weighted by Gasteiger charge is -2.12. The molecule has 0 saturated carbocycles. The zero-order valence-electron chi connectivity index (χ0n) is 10.4. The van der Waals surface area contributed by atoms with Gasteiger partial charge in [-0.1, -0.05) is 41.4 Å². The van der Waals surface area contributed by atoms with Gasteiger partial charge in [0, 0.05) is 11.6 Å². The van der Waals surface area contributed by atoms with E-state index in [4.69, 9.17) is 23.2 Å². The summed E-state index contributed by atoms with van der Waals surface area (Å²) in [6, 6.07) is 11.9. The number of aryl methyl sites for hydroxylation is 2. The SMILES string of the molecule is Cc1cc(C)c(NCc2cccc(Cl)c2)c(Cl)c1. The van der Waals surface area contributed by atoms with Crippen molar-refractivity contribution in [3.63, 3.8) is 0 Å². The van der Waals surface area contributed by atoms with Gasteiger partial charge in [-0.25, -0.2) is 0 Å². The first-order chi connectivity index (χ1) is 8.56. The van der Waals surface area contributed by atoms with Crippen molar-refractivity contribution in [2.45, 2.75) is 20.4 Å². The number of rotatable bonds is 3. The molecule has 0 unspecified atom stereocenters. The molecule has 0 bridgehead atoms. The van der Waals surface area contributed by atoms with E-state index in [0.29, 0.717) is 6.54 Å². The Bertz CT molecular complexity index is 541. The molecular formula is C15H15Cl2N. The molecule has 0 aliphatic heterocycles. The van der Waals surface area contributed by atoms with Gasteiger partial charge in [0.2, 0.25) is 0 Å². The van der Waals surface area contributed by atoms with Crippen LogP contribution in [0.15, 0.2) is 36.4 Å². The Hall–Kier alpha value is -1.18. The van der Waals surface area contributed by atoms with Gasteiger partial charge in [0.1, 0.15) is 0 Å². The van der Waals surface area contributed by atoms with Crippen molar-refractivity contribution in [3.05, 3.63) is 63.1 Å². The Labute approximate surface area is 118 Å². The number of benzene rings is 2. The van der Waals surface area contributed by atoms with Crippen molar-refractivity contribution < 1.29 is 0 Å². The summed E-state index contributed by atoms with van der Waals surface area (Å²) in [6.45, 7) is 4.81. The molecule has 2 aromatic carbocycles. The molecule has 0 aliphatic rings. The van der Waals surface area contributed by atoms with Gasteiger partial charge in [0.15, 0.2) is 0 Å². The normalized spacial score (nSPS) is 10.4. The van der Waals surface area contributed by atoms with E-state index in [-0.39, 0.29) is 0 Å². The maximum absolute atomic E-state index is 6.24. The third kappa shape index (κ3) is 3.18. The first kappa shape index (κ1) is 13.3. The van der Waals surface area contributed by atoms with Crippen molar-refractivity contribution in [2.24, 2.45) is 0 Å². The molecule has 0 fully saturated rings. The van der Waals surface area contributed by atoms with E-state index in [0.717, 1.165) is 26.9 Å². The molecule has 2 aromatic rings. The van der Waals surface area contributed by atoms with Crippen molar-refractivity contribution in [1.29, 1.82) is 0 Å². The third-order valence-corrected chi connectivity index (χ3v) is 3.32. The number of nitrogens with one attached hydrogen (secondary N) is 1. The second kappa shape index (κ2) is 5.64. The van der Waals surface area contributed by atoms with Gasteiger partial charge in [0.25, 0.3) is 0 Å². The second-order valence-electron chi connectivity index (χ2n) is 4.42. The van der Waals surface area contributed by atoms with Crippen molar-refractivity contribution in [1.82, 2.24) is 0 Å². The monoisotopic (exact) mass is 279 g/mol. The van der Waals surface area contributed by atoms with Gasteiger partial charge in [-0.15, -0.1) is 0 Å². The van der Waals surface area contributed by atoms with Crippen LogP contribution >= 0.6 is 23.2 Å². The van der Waals surface area contributed by atoms with E-state index in [9.17, 15) is 0 Å².